The van der Waals surface area contributed by atoms with Crippen LogP contribution in [0.4, 0.5) is 5.69 Å². The number of fused-ring (bicyclic) bond motifs is 1. The third-order valence-electron chi connectivity index (χ3n) is 3.66. The third kappa shape index (κ3) is 2.46. The van der Waals surface area contributed by atoms with Gasteiger partial charge in [0.05, 0.1) is 17.9 Å². The van der Waals surface area contributed by atoms with Crippen molar-refractivity contribution in [2.24, 2.45) is 7.05 Å². The van der Waals surface area contributed by atoms with Crippen molar-refractivity contribution >= 4 is 34.2 Å². The van der Waals surface area contributed by atoms with Gasteiger partial charge in [-0.05, 0) is 65.8 Å². The molecular weight excluding hydrogens is 365 g/mol. The van der Waals surface area contributed by atoms with E-state index in [2.05, 4.69) is 45.9 Å². The first-order chi connectivity index (χ1) is 9.54. The van der Waals surface area contributed by atoms with E-state index >= 15 is 0 Å². The number of aryl methyl sites for hydroxylation is 3. The zero-order chi connectivity index (χ0) is 14.3. The van der Waals surface area contributed by atoms with Gasteiger partial charge in [0.15, 0.2) is 0 Å². The van der Waals surface area contributed by atoms with Crippen LogP contribution in [-0.2, 0) is 24.8 Å². The summed E-state index contributed by atoms with van der Waals surface area (Å²) in [7, 11) is 1.92. The lowest BCUT2D eigenvalue weighted by Crippen LogP contribution is -2.35. The molecule has 20 heavy (non-hydrogen) atoms. The summed E-state index contributed by atoms with van der Waals surface area (Å²) in [6.45, 7) is 2.56. The van der Waals surface area contributed by atoms with E-state index in [1.165, 1.54) is 9.13 Å². The first kappa shape index (κ1) is 13.6. The highest BCUT2D eigenvalue weighted by atomic mass is 127. The molecule has 1 amide bonds. The zero-order valence-electron chi connectivity index (χ0n) is 11.6. The van der Waals surface area contributed by atoms with Crippen LogP contribution in [0.15, 0.2) is 24.3 Å². The molecule has 1 aliphatic rings. The van der Waals surface area contributed by atoms with E-state index in [9.17, 15) is 4.79 Å². The fraction of sp³-hybridized carbons (Fsp3) is 0.333. The number of benzene rings is 1. The second-order valence-electron chi connectivity index (χ2n) is 5.15. The molecular formula is C15H16IN3O. The van der Waals surface area contributed by atoms with E-state index in [1.54, 1.807) is 0 Å². The van der Waals surface area contributed by atoms with Crippen LogP contribution >= 0.6 is 22.6 Å². The molecule has 0 radical (unpaired) electrons. The molecule has 0 bridgehead atoms. The number of carbonyl (C=O) groups is 1. The normalized spacial score (nSPS) is 14.6. The van der Waals surface area contributed by atoms with Crippen molar-refractivity contribution in [3.63, 3.8) is 0 Å². The minimum Gasteiger partial charge on any atom is -0.306 e. The van der Waals surface area contributed by atoms with Crippen LogP contribution in [0.2, 0.25) is 0 Å². The van der Waals surface area contributed by atoms with Crippen LogP contribution in [-0.4, -0.2) is 15.7 Å². The number of aromatic nitrogens is 2. The Morgan fingerprint density at radius 2 is 2.10 bits per heavy atom. The number of halogens is 1. The number of carbonyl (C=O) groups excluding carboxylic acids is 1. The molecule has 4 nitrogen and oxygen atoms in total. The highest BCUT2D eigenvalue weighted by molar-refractivity contribution is 14.1. The van der Waals surface area contributed by atoms with Crippen molar-refractivity contribution in [1.82, 2.24) is 9.78 Å². The van der Waals surface area contributed by atoms with E-state index in [-0.39, 0.29) is 5.91 Å². The van der Waals surface area contributed by atoms with Gasteiger partial charge >= 0.3 is 0 Å². The predicted octanol–water partition coefficient (Wildman–Crippen LogP) is 2.81. The number of rotatable bonds is 2. The number of hydrogen-bond donors (Lipinski definition) is 0. The molecule has 1 aliphatic heterocycles. The zero-order valence-corrected chi connectivity index (χ0v) is 13.7. The molecule has 5 heteroatoms. The molecule has 2 heterocycles. The maximum absolute atomic E-state index is 12.3. The van der Waals surface area contributed by atoms with E-state index in [4.69, 9.17) is 0 Å². The van der Waals surface area contributed by atoms with Gasteiger partial charge in [-0.25, -0.2) is 0 Å². The standard InChI is InChI=1S/C15H16IN3O/c1-10-7-13(18(2)17-10)9-19-14-5-4-12(16)8-11(14)3-6-15(19)20/h4-5,7-8H,3,6,9H2,1-2H3. The first-order valence-electron chi connectivity index (χ1n) is 6.63. The van der Waals surface area contributed by atoms with Gasteiger partial charge in [0.25, 0.3) is 0 Å². The molecule has 2 aromatic rings. The van der Waals surface area contributed by atoms with Crippen molar-refractivity contribution in [1.29, 1.82) is 0 Å². The van der Waals surface area contributed by atoms with Crippen molar-refractivity contribution in [3.8, 4) is 0 Å². The number of nitrogens with zero attached hydrogens (tertiary/aromatic N) is 3. The summed E-state index contributed by atoms with van der Waals surface area (Å²) in [6.07, 6.45) is 1.43. The van der Waals surface area contributed by atoms with Crippen molar-refractivity contribution in [2.45, 2.75) is 26.3 Å². The molecule has 104 valence electrons. The minimum absolute atomic E-state index is 0.192. The quantitative estimate of drug-likeness (QED) is 0.751. The Morgan fingerprint density at radius 3 is 2.80 bits per heavy atom. The monoisotopic (exact) mass is 381 g/mol. The fourth-order valence-electron chi connectivity index (χ4n) is 2.68. The number of amides is 1. The number of anilines is 1. The molecule has 0 aliphatic carbocycles. The van der Waals surface area contributed by atoms with Crippen LogP contribution in [0, 0.1) is 10.5 Å². The Bertz CT molecular complexity index is 678. The summed E-state index contributed by atoms with van der Waals surface area (Å²) in [6, 6.07) is 8.31. The average Bonchev–Trinajstić information content (AvgIpc) is 2.71. The topological polar surface area (TPSA) is 38.1 Å². The molecule has 1 aromatic carbocycles. The van der Waals surface area contributed by atoms with E-state index in [0.717, 1.165) is 23.5 Å². The Labute approximate surface area is 131 Å². The first-order valence-corrected chi connectivity index (χ1v) is 7.71. The van der Waals surface area contributed by atoms with Gasteiger partial charge in [0.1, 0.15) is 0 Å². The van der Waals surface area contributed by atoms with Gasteiger partial charge in [0, 0.05) is 22.7 Å². The molecule has 0 saturated heterocycles. The van der Waals surface area contributed by atoms with E-state index < -0.39 is 0 Å². The molecule has 0 N–H and O–H groups in total. The summed E-state index contributed by atoms with van der Waals surface area (Å²) in [5, 5.41) is 4.35. The van der Waals surface area contributed by atoms with Crippen LogP contribution in [0.3, 0.4) is 0 Å². The van der Waals surface area contributed by atoms with E-state index in [0.29, 0.717) is 13.0 Å². The van der Waals surface area contributed by atoms with Crippen molar-refractivity contribution < 1.29 is 4.79 Å². The molecule has 0 unspecified atom stereocenters. The second kappa shape index (κ2) is 5.20. The van der Waals surface area contributed by atoms with Crippen molar-refractivity contribution in [2.75, 3.05) is 4.90 Å². The molecule has 1 aromatic heterocycles. The Kier molecular flexibility index (Phi) is 3.54. The van der Waals surface area contributed by atoms with E-state index in [1.807, 2.05) is 29.6 Å². The van der Waals surface area contributed by atoms with Crippen LogP contribution < -0.4 is 4.90 Å². The molecule has 0 fully saturated rings. The largest absolute Gasteiger partial charge is 0.306 e. The highest BCUT2D eigenvalue weighted by Gasteiger charge is 2.25. The summed E-state index contributed by atoms with van der Waals surface area (Å²) < 4.78 is 3.07. The van der Waals surface area contributed by atoms with Gasteiger partial charge in [0.2, 0.25) is 5.91 Å². The van der Waals surface area contributed by atoms with Crippen LogP contribution in [0.5, 0.6) is 0 Å². The Morgan fingerprint density at radius 1 is 1.30 bits per heavy atom. The Balaban J connectivity index is 1.97. The highest BCUT2D eigenvalue weighted by Crippen LogP contribution is 2.30. The predicted molar refractivity (Wildman–Crippen MR) is 86.6 cm³/mol. The maximum Gasteiger partial charge on any atom is 0.227 e. The van der Waals surface area contributed by atoms with Gasteiger partial charge in [-0.2, -0.15) is 5.10 Å². The summed E-state index contributed by atoms with van der Waals surface area (Å²) in [5.41, 5.74) is 4.34. The molecule has 3 rings (SSSR count). The number of hydrogen-bond acceptors (Lipinski definition) is 2. The van der Waals surface area contributed by atoms with Crippen molar-refractivity contribution in [3.05, 3.63) is 44.8 Å². The van der Waals surface area contributed by atoms with Crippen LogP contribution in [0.25, 0.3) is 0 Å². The van der Waals surface area contributed by atoms with Crippen LogP contribution in [0.1, 0.15) is 23.4 Å². The van der Waals surface area contributed by atoms with Gasteiger partial charge in [-0.1, -0.05) is 0 Å². The van der Waals surface area contributed by atoms with Gasteiger partial charge < -0.3 is 4.90 Å². The smallest absolute Gasteiger partial charge is 0.227 e. The second-order valence-corrected chi connectivity index (χ2v) is 6.40. The lowest BCUT2D eigenvalue weighted by molar-refractivity contribution is -0.119. The fourth-order valence-corrected chi connectivity index (χ4v) is 3.23. The molecule has 0 atom stereocenters. The minimum atomic E-state index is 0.192. The lowest BCUT2D eigenvalue weighted by Gasteiger charge is -2.29. The average molecular weight is 381 g/mol. The summed E-state index contributed by atoms with van der Waals surface area (Å²) >= 11 is 2.31. The summed E-state index contributed by atoms with van der Waals surface area (Å²) in [4.78, 5) is 14.1. The molecule has 0 spiro atoms. The Hall–Kier alpha value is -1.37. The van der Waals surface area contributed by atoms with Gasteiger partial charge in [-0.15, -0.1) is 0 Å². The maximum atomic E-state index is 12.3. The molecule has 0 saturated carbocycles. The third-order valence-corrected chi connectivity index (χ3v) is 4.33. The lowest BCUT2D eigenvalue weighted by atomic mass is 10.0. The SMILES string of the molecule is Cc1cc(CN2C(=O)CCc3cc(I)ccc32)n(C)n1. The van der Waals surface area contributed by atoms with Gasteiger partial charge in [-0.3, -0.25) is 9.48 Å². The summed E-state index contributed by atoms with van der Waals surface area (Å²) in [5.74, 6) is 0.192.